The van der Waals surface area contributed by atoms with Crippen LogP contribution in [0.1, 0.15) is 39.9 Å². The molecule has 1 aliphatic carbocycles. The Hall–Kier alpha value is -4.19. The molecule has 3 aromatic rings. The number of carbonyl (C=O) groups excluding carboxylic acids is 2. The van der Waals surface area contributed by atoms with Crippen molar-refractivity contribution in [1.29, 1.82) is 0 Å². The van der Waals surface area contributed by atoms with E-state index in [1.165, 1.54) is 13.2 Å². The standard InChI is InChI=1S/C28H22FNO4/c1-16-23(28(32)33-2)24(25-26(30-16)20-8-4-5-9-21(20)27(25)31)17-11-13-19(14-12-17)34-15-18-7-3-6-10-22(18)29/h3-14,24,30H,15H2,1-2H3/t24-/m0/s1. The van der Waals surface area contributed by atoms with Crippen molar-refractivity contribution in [2.24, 2.45) is 0 Å². The number of dihydropyridines is 1. The number of benzene rings is 3. The Kier molecular flexibility index (Phi) is 5.49. The maximum Gasteiger partial charge on any atom is 0.336 e. The second kappa shape index (κ2) is 8.63. The highest BCUT2D eigenvalue weighted by atomic mass is 19.1. The SMILES string of the molecule is COC(=O)C1=C(C)NC2=C(C(=O)c3ccccc32)[C@H]1c1ccc(OCc2ccccc2F)cc1. The Balaban J connectivity index is 1.51. The molecule has 1 atom stereocenters. The van der Waals surface area contributed by atoms with Crippen LogP contribution in [-0.2, 0) is 16.1 Å². The number of esters is 1. The summed E-state index contributed by atoms with van der Waals surface area (Å²) in [4.78, 5) is 26.2. The molecule has 1 aliphatic heterocycles. The summed E-state index contributed by atoms with van der Waals surface area (Å²) >= 11 is 0. The molecule has 0 bridgehead atoms. The highest BCUT2D eigenvalue weighted by molar-refractivity contribution is 6.23. The zero-order valence-corrected chi connectivity index (χ0v) is 18.7. The topological polar surface area (TPSA) is 64.6 Å². The summed E-state index contributed by atoms with van der Waals surface area (Å²) in [5.74, 6) is -0.973. The second-order valence-corrected chi connectivity index (χ2v) is 8.20. The van der Waals surface area contributed by atoms with Gasteiger partial charge in [0.1, 0.15) is 18.2 Å². The molecule has 2 aliphatic rings. The molecule has 0 saturated carbocycles. The summed E-state index contributed by atoms with van der Waals surface area (Å²) in [5, 5.41) is 3.26. The lowest BCUT2D eigenvalue weighted by molar-refractivity contribution is -0.136. The molecule has 0 fully saturated rings. The van der Waals surface area contributed by atoms with Gasteiger partial charge in [-0.15, -0.1) is 0 Å². The summed E-state index contributed by atoms with van der Waals surface area (Å²) in [5.41, 5.74) is 4.91. The van der Waals surface area contributed by atoms with E-state index < -0.39 is 11.9 Å². The fraction of sp³-hybridized carbons (Fsp3) is 0.143. The van der Waals surface area contributed by atoms with E-state index in [1.54, 1.807) is 43.3 Å². The van der Waals surface area contributed by atoms with E-state index in [0.29, 0.717) is 33.7 Å². The summed E-state index contributed by atoms with van der Waals surface area (Å²) < 4.78 is 24.7. The predicted molar refractivity (Wildman–Crippen MR) is 125 cm³/mol. The predicted octanol–water partition coefficient (Wildman–Crippen LogP) is 5.15. The Bertz CT molecular complexity index is 1370. The van der Waals surface area contributed by atoms with Gasteiger partial charge in [0.05, 0.1) is 18.4 Å². The fourth-order valence-corrected chi connectivity index (χ4v) is 4.58. The Labute approximate surface area is 196 Å². The molecule has 0 unspecified atom stereocenters. The summed E-state index contributed by atoms with van der Waals surface area (Å²) in [6, 6.07) is 21.0. The van der Waals surface area contributed by atoms with Gasteiger partial charge in [0.15, 0.2) is 5.78 Å². The van der Waals surface area contributed by atoms with Crippen molar-refractivity contribution in [2.75, 3.05) is 7.11 Å². The minimum absolute atomic E-state index is 0.0921. The van der Waals surface area contributed by atoms with Crippen LogP contribution >= 0.6 is 0 Å². The fourth-order valence-electron chi connectivity index (χ4n) is 4.58. The van der Waals surface area contributed by atoms with Crippen LogP contribution in [0.4, 0.5) is 4.39 Å². The number of methoxy groups -OCH3 is 1. The van der Waals surface area contributed by atoms with E-state index in [2.05, 4.69) is 5.32 Å². The first-order valence-electron chi connectivity index (χ1n) is 10.9. The van der Waals surface area contributed by atoms with E-state index in [4.69, 9.17) is 9.47 Å². The lowest BCUT2D eigenvalue weighted by Crippen LogP contribution is -2.29. The lowest BCUT2D eigenvalue weighted by Gasteiger charge is -2.29. The summed E-state index contributed by atoms with van der Waals surface area (Å²) in [7, 11) is 1.33. The largest absolute Gasteiger partial charge is 0.489 e. The van der Waals surface area contributed by atoms with Crippen molar-refractivity contribution >= 4 is 17.4 Å². The third kappa shape index (κ3) is 3.57. The highest BCUT2D eigenvalue weighted by Crippen LogP contribution is 2.46. The smallest absolute Gasteiger partial charge is 0.336 e. The van der Waals surface area contributed by atoms with Crippen molar-refractivity contribution in [1.82, 2.24) is 5.32 Å². The van der Waals surface area contributed by atoms with E-state index >= 15 is 0 Å². The van der Waals surface area contributed by atoms with Crippen molar-refractivity contribution in [2.45, 2.75) is 19.4 Å². The summed E-state index contributed by atoms with van der Waals surface area (Å²) in [6.07, 6.45) is 0. The number of rotatable bonds is 5. The van der Waals surface area contributed by atoms with Gasteiger partial charge < -0.3 is 14.8 Å². The van der Waals surface area contributed by atoms with Gasteiger partial charge in [0.2, 0.25) is 0 Å². The molecule has 0 spiro atoms. The highest BCUT2D eigenvalue weighted by Gasteiger charge is 2.42. The molecular formula is C28H22FNO4. The maximum atomic E-state index is 13.9. The number of halogens is 1. The Morgan fingerprint density at radius 2 is 1.65 bits per heavy atom. The molecule has 6 heteroatoms. The first-order valence-corrected chi connectivity index (χ1v) is 10.9. The number of carbonyl (C=O) groups is 2. The monoisotopic (exact) mass is 455 g/mol. The average Bonchev–Trinajstić information content (AvgIpc) is 3.14. The number of allylic oxidation sites excluding steroid dienone is 2. The van der Waals surface area contributed by atoms with Gasteiger partial charge in [-0.3, -0.25) is 4.79 Å². The van der Waals surface area contributed by atoms with E-state index in [0.717, 1.165) is 16.8 Å². The quantitative estimate of drug-likeness (QED) is 0.540. The molecule has 5 rings (SSSR count). The van der Waals surface area contributed by atoms with Crippen molar-refractivity contribution in [3.05, 3.63) is 118 Å². The van der Waals surface area contributed by atoms with Crippen LogP contribution in [0.15, 0.2) is 89.6 Å². The molecule has 1 heterocycles. The van der Waals surface area contributed by atoms with Crippen LogP contribution in [-0.4, -0.2) is 18.9 Å². The van der Waals surface area contributed by atoms with Crippen LogP contribution in [0.25, 0.3) is 5.70 Å². The molecule has 0 saturated heterocycles. The molecule has 170 valence electrons. The van der Waals surface area contributed by atoms with Gasteiger partial charge >= 0.3 is 5.97 Å². The minimum atomic E-state index is -0.593. The van der Waals surface area contributed by atoms with Gasteiger partial charge in [0, 0.05) is 33.9 Å². The molecule has 5 nitrogen and oxygen atoms in total. The molecule has 0 radical (unpaired) electrons. The number of hydrogen-bond donors (Lipinski definition) is 1. The zero-order chi connectivity index (χ0) is 23.8. The second-order valence-electron chi connectivity index (χ2n) is 8.20. The number of hydrogen-bond acceptors (Lipinski definition) is 5. The molecule has 1 N–H and O–H groups in total. The first kappa shape index (κ1) is 21.6. The van der Waals surface area contributed by atoms with E-state index in [1.807, 2.05) is 30.3 Å². The zero-order valence-electron chi connectivity index (χ0n) is 18.7. The van der Waals surface area contributed by atoms with E-state index in [9.17, 15) is 14.0 Å². The minimum Gasteiger partial charge on any atom is -0.489 e. The van der Waals surface area contributed by atoms with Gasteiger partial charge in [-0.05, 0) is 30.7 Å². The van der Waals surface area contributed by atoms with Crippen molar-refractivity contribution < 1.29 is 23.5 Å². The average molecular weight is 455 g/mol. The van der Waals surface area contributed by atoms with E-state index in [-0.39, 0.29) is 18.2 Å². The molecule has 3 aromatic carbocycles. The van der Waals surface area contributed by atoms with Gasteiger partial charge in [-0.1, -0.05) is 54.6 Å². The van der Waals surface area contributed by atoms with Crippen LogP contribution in [0.5, 0.6) is 5.75 Å². The first-order chi connectivity index (χ1) is 16.5. The maximum absolute atomic E-state index is 13.9. The van der Waals surface area contributed by atoms with Crippen LogP contribution < -0.4 is 10.1 Å². The summed E-state index contributed by atoms with van der Waals surface area (Å²) in [6.45, 7) is 1.90. The van der Waals surface area contributed by atoms with Gasteiger partial charge in [0.25, 0.3) is 0 Å². The van der Waals surface area contributed by atoms with Crippen LogP contribution in [0.3, 0.4) is 0 Å². The van der Waals surface area contributed by atoms with Crippen molar-refractivity contribution in [3.63, 3.8) is 0 Å². The number of ether oxygens (including phenoxy) is 2. The third-order valence-electron chi connectivity index (χ3n) is 6.22. The van der Waals surface area contributed by atoms with Crippen molar-refractivity contribution in [3.8, 4) is 5.75 Å². The Morgan fingerprint density at radius 1 is 0.971 bits per heavy atom. The number of fused-ring (bicyclic) bond motifs is 2. The van der Waals surface area contributed by atoms with Gasteiger partial charge in [-0.2, -0.15) is 0 Å². The third-order valence-corrected chi connectivity index (χ3v) is 6.22. The van der Waals surface area contributed by atoms with Gasteiger partial charge in [-0.25, -0.2) is 9.18 Å². The number of Topliss-reactive ketones (excluding diaryl/α,β-unsaturated/α-hetero) is 1. The molecule has 0 amide bonds. The van der Waals surface area contributed by atoms with Crippen LogP contribution in [0, 0.1) is 5.82 Å². The lowest BCUT2D eigenvalue weighted by atomic mass is 9.80. The number of nitrogens with one attached hydrogen (secondary N) is 1. The Morgan fingerprint density at radius 3 is 2.35 bits per heavy atom. The normalized spacial score (nSPS) is 16.7. The molecule has 34 heavy (non-hydrogen) atoms. The molecule has 0 aromatic heterocycles. The number of ketones is 1. The molecular weight excluding hydrogens is 433 g/mol. The van der Waals surface area contributed by atoms with Crippen LogP contribution in [0.2, 0.25) is 0 Å².